The van der Waals surface area contributed by atoms with Crippen LogP contribution < -0.4 is 0 Å². The highest BCUT2D eigenvalue weighted by Gasteiger charge is 2.63. The lowest BCUT2D eigenvalue weighted by Crippen LogP contribution is -2.54. The molecule has 2 N–H and O–H groups in total. The van der Waals surface area contributed by atoms with Crippen molar-refractivity contribution in [2.24, 2.45) is 28.6 Å². The van der Waals surface area contributed by atoms with Crippen LogP contribution in [0.5, 0.6) is 0 Å². The van der Waals surface area contributed by atoms with Gasteiger partial charge in [-0.05, 0) is 63.2 Å². The molecule has 0 aliphatic heterocycles. The minimum absolute atomic E-state index is 0.0105. The van der Waals surface area contributed by atoms with E-state index in [1.165, 1.54) is 24.7 Å². The Labute approximate surface area is 174 Å². The van der Waals surface area contributed by atoms with Gasteiger partial charge in [0, 0.05) is 23.9 Å². The van der Waals surface area contributed by atoms with E-state index in [9.17, 15) is 15.2 Å². The highest BCUT2D eigenvalue weighted by molar-refractivity contribution is 5.86. The van der Waals surface area contributed by atoms with Crippen molar-refractivity contribution in [1.82, 2.24) is 0 Å². The van der Waals surface area contributed by atoms with E-state index in [0.717, 1.165) is 38.5 Å². The molecular formula is C24H36O5. The first-order chi connectivity index (χ1) is 13.8. The van der Waals surface area contributed by atoms with Crippen LogP contribution >= 0.6 is 0 Å². The summed E-state index contributed by atoms with van der Waals surface area (Å²) in [5, 5.41) is 20.7. The van der Waals surface area contributed by atoms with Crippen molar-refractivity contribution in [1.29, 1.82) is 0 Å². The number of fused-ring (bicyclic) bond motifs is 5. The SMILES string of the molecule is CC[C@]1(O)CC[C@H]2[C@H]3C(=CC[C@@]21C)[C@@]1(C)CCCC=C1C[C@H]3C(=O)C(OC)OO. The van der Waals surface area contributed by atoms with E-state index in [4.69, 9.17) is 4.74 Å². The molecule has 0 aromatic heterocycles. The molecule has 0 amide bonds. The highest BCUT2D eigenvalue weighted by atomic mass is 17.1. The molecule has 0 bridgehead atoms. The number of Topliss-reactive ketones (excluding diaryl/α,β-unsaturated/α-hetero) is 1. The monoisotopic (exact) mass is 404 g/mol. The number of methoxy groups -OCH3 is 1. The number of rotatable bonds is 5. The Hall–Kier alpha value is -1.01. The molecule has 2 saturated carbocycles. The zero-order valence-electron chi connectivity index (χ0n) is 18.2. The lowest BCUT2D eigenvalue weighted by atomic mass is 9.47. The van der Waals surface area contributed by atoms with Crippen LogP contribution in [-0.2, 0) is 14.4 Å². The molecule has 0 aromatic carbocycles. The number of aliphatic hydroxyl groups is 1. The number of carbonyl (C=O) groups excluding carboxylic acids is 1. The van der Waals surface area contributed by atoms with Crippen molar-refractivity contribution in [3.05, 3.63) is 23.3 Å². The summed E-state index contributed by atoms with van der Waals surface area (Å²) in [6, 6.07) is 0. The Balaban J connectivity index is 1.83. The van der Waals surface area contributed by atoms with Gasteiger partial charge in [-0.25, -0.2) is 5.26 Å². The molecule has 1 unspecified atom stereocenters. The molecule has 0 saturated heterocycles. The van der Waals surface area contributed by atoms with E-state index in [1.54, 1.807) is 0 Å². The lowest BCUT2D eigenvalue weighted by molar-refractivity contribution is -0.328. The van der Waals surface area contributed by atoms with Crippen molar-refractivity contribution in [3.63, 3.8) is 0 Å². The quantitative estimate of drug-likeness (QED) is 0.302. The molecule has 2 fully saturated rings. The van der Waals surface area contributed by atoms with Gasteiger partial charge in [0.2, 0.25) is 6.29 Å². The van der Waals surface area contributed by atoms with Crippen molar-refractivity contribution in [2.45, 2.75) is 84.0 Å². The van der Waals surface area contributed by atoms with Crippen molar-refractivity contribution >= 4 is 5.78 Å². The van der Waals surface area contributed by atoms with Crippen LogP contribution in [0.15, 0.2) is 23.3 Å². The van der Waals surface area contributed by atoms with E-state index >= 15 is 0 Å². The van der Waals surface area contributed by atoms with Gasteiger partial charge in [-0.3, -0.25) is 4.79 Å². The van der Waals surface area contributed by atoms with Crippen molar-refractivity contribution in [3.8, 4) is 0 Å². The summed E-state index contributed by atoms with van der Waals surface area (Å²) in [7, 11) is 1.39. The van der Waals surface area contributed by atoms with Gasteiger partial charge in [-0.15, -0.1) is 0 Å². The zero-order chi connectivity index (χ0) is 21.0. The highest BCUT2D eigenvalue weighted by Crippen LogP contribution is 2.67. The number of hydrogen-bond donors (Lipinski definition) is 2. The standard InChI is InChI=1S/C24H36O5/c1-5-24(26)13-10-18-19-16(20(25)21(28-4)29-27)14-15-8-6-7-11-22(15,2)17(19)9-12-23(18,24)3/h8-9,16,18-19,21,26-27H,5-7,10-14H2,1-4H3/t16-,18+,19-,21?,22+,23+,24+/m1/s1. The molecule has 4 rings (SSSR count). The summed E-state index contributed by atoms with van der Waals surface area (Å²) in [6.07, 6.45) is 10.8. The third kappa shape index (κ3) is 2.84. The first-order valence-electron chi connectivity index (χ1n) is 11.2. The van der Waals surface area contributed by atoms with Gasteiger partial charge < -0.3 is 9.84 Å². The van der Waals surface area contributed by atoms with E-state index in [-0.39, 0.29) is 34.4 Å². The minimum atomic E-state index is -1.26. The average Bonchev–Trinajstić information content (AvgIpc) is 2.99. The second-order valence-corrected chi connectivity index (χ2v) is 10.2. The van der Waals surface area contributed by atoms with Crippen LogP contribution in [-0.4, -0.2) is 35.1 Å². The third-order valence-corrected chi connectivity index (χ3v) is 9.27. The molecular weight excluding hydrogens is 368 g/mol. The second kappa shape index (κ2) is 7.30. The number of ketones is 1. The summed E-state index contributed by atoms with van der Waals surface area (Å²) in [6.45, 7) is 6.63. The fourth-order valence-corrected chi connectivity index (χ4v) is 7.39. The molecule has 0 heterocycles. The van der Waals surface area contributed by atoms with Gasteiger partial charge in [0.25, 0.3) is 0 Å². The van der Waals surface area contributed by atoms with E-state index in [0.29, 0.717) is 6.42 Å². The molecule has 5 heteroatoms. The first-order valence-corrected chi connectivity index (χ1v) is 11.2. The molecule has 0 aromatic rings. The van der Waals surface area contributed by atoms with Gasteiger partial charge >= 0.3 is 0 Å². The maximum Gasteiger partial charge on any atom is 0.250 e. The van der Waals surface area contributed by atoms with Gasteiger partial charge in [-0.2, -0.15) is 4.89 Å². The van der Waals surface area contributed by atoms with E-state index in [1.807, 2.05) is 0 Å². The van der Waals surface area contributed by atoms with Crippen molar-refractivity contribution < 1.29 is 24.8 Å². The predicted molar refractivity (Wildman–Crippen MR) is 110 cm³/mol. The predicted octanol–water partition coefficient (Wildman–Crippen LogP) is 4.66. The maximum atomic E-state index is 13.4. The van der Waals surface area contributed by atoms with Crippen LogP contribution in [0, 0.1) is 28.6 Å². The largest absolute Gasteiger partial charge is 0.389 e. The zero-order valence-corrected chi connectivity index (χ0v) is 18.2. The van der Waals surface area contributed by atoms with Crippen LogP contribution in [0.3, 0.4) is 0 Å². The Morgan fingerprint density at radius 3 is 2.72 bits per heavy atom. The number of hydrogen-bond acceptors (Lipinski definition) is 5. The molecule has 5 nitrogen and oxygen atoms in total. The third-order valence-electron chi connectivity index (χ3n) is 9.27. The topological polar surface area (TPSA) is 76.0 Å². The van der Waals surface area contributed by atoms with Crippen LogP contribution in [0.4, 0.5) is 0 Å². The fraction of sp³-hybridized carbons (Fsp3) is 0.792. The molecule has 7 atom stereocenters. The first kappa shape index (κ1) is 21.2. The van der Waals surface area contributed by atoms with Gasteiger partial charge in [-0.1, -0.05) is 44.1 Å². The van der Waals surface area contributed by atoms with Crippen LogP contribution in [0.1, 0.15) is 72.1 Å². The van der Waals surface area contributed by atoms with Crippen LogP contribution in [0.2, 0.25) is 0 Å². The van der Waals surface area contributed by atoms with Crippen LogP contribution in [0.25, 0.3) is 0 Å². The molecule has 0 radical (unpaired) electrons. The molecule has 4 aliphatic rings. The summed E-state index contributed by atoms with van der Waals surface area (Å²) >= 11 is 0. The van der Waals surface area contributed by atoms with Gasteiger partial charge in [0.15, 0.2) is 5.78 Å². The lowest BCUT2D eigenvalue weighted by Gasteiger charge is -2.57. The molecule has 0 spiro atoms. The molecule has 162 valence electrons. The number of allylic oxidation sites excluding steroid dienone is 4. The Morgan fingerprint density at radius 2 is 2.07 bits per heavy atom. The van der Waals surface area contributed by atoms with Crippen molar-refractivity contribution in [2.75, 3.05) is 7.11 Å². The fourth-order valence-electron chi connectivity index (χ4n) is 7.39. The number of ether oxygens (including phenoxy) is 1. The maximum absolute atomic E-state index is 13.4. The van der Waals surface area contributed by atoms with E-state index in [2.05, 4.69) is 37.8 Å². The second-order valence-electron chi connectivity index (χ2n) is 10.2. The summed E-state index contributed by atoms with van der Waals surface area (Å²) in [4.78, 5) is 17.8. The summed E-state index contributed by atoms with van der Waals surface area (Å²) in [5.74, 6) is -0.164. The van der Waals surface area contributed by atoms with Gasteiger partial charge in [0.1, 0.15) is 0 Å². The summed E-state index contributed by atoms with van der Waals surface area (Å²) < 4.78 is 5.14. The minimum Gasteiger partial charge on any atom is -0.389 e. The normalized spacial score (nSPS) is 44.8. The Kier molecular flexibility index (Phi) is 5.34. The molecule has 4 aliphatic carbocycles. The average molecular weight is 405 g/mol. The Bertz CT molecular complexity index is 738. The smallest absolute Gasteiger partial charge is 0.250 e. The summed E-state index contributed by atoms with van der Waals surface area (Å²) in [5.41, 5.74) is 1.82. The Morgan fingerprint density at radius 1 is 1.31 bits per heavy atom. The van der Waals surface area contributed by atoms with Gasteiger partial charge in [0.05, 0.1) is 5.60 Å². The van der Waals surface area contributed by atoms with E-state index < -0.39 is 11.9 Å². The molecule has 29 heavy (non-hydrogen) atoms. The number of carbonyl (C=O) groups is 1.